The van der Waals surface area contributed by atoms with E-state index in [4.69, 9.17) is 18.9 Å². The van der Waals surface area contributed by atoms with Gasteiger partial charge in [0, 0.05) is 6.07 Å². The van der Waals surface area contributed by atoms with E-state index in [0.29, 0.717) is 22.9 Å². The van der Waals surface area contributed by atoms with Gasteiger partial charge in [0.25, 0.3) is 15.9 Å². The third-order valence-electron chi connectivity index (χ3n) is 4.75. The Kier molecular flexibility index (Phi) is 8.16. The standard InChI is InChI=1S/C24H24N2O8S/c1-31-17-11-12-19(22(14-17)33-3)25-23(27)15-34-24(28)16-7-6-8-18(13-16)35(29,30)26-20-9-4-5-10-21(20)32-2/h4-14,26H,15H2,1-3H3,(H,25,27). The van der Waals surface area contributed by atoms with Gasteiger partial charge in [-0.25, -0.2) is 13.2 Å². The third-order valence-corrected chi connectivity index (χ3v) is 6.11. The molecule has 0 radical (unpaired) electrons. The summed E-state index contributed by atoms with van der Waals surface area (Å²) in [6.07, 6.45) is 0. The van der Waals surface area contributed by atoms with Crippen molar-refractivity contribution in [2.75, 3.05) is 38.0 Å². The molecule has 0 aliphatic carbocycles. The van der Waals surface area contributed by atoms with Crippen LogP contribution in [0.15, 0.2) is 71.6 Å². The highest BCUT2D eigenvalue weighted by Gasteiger charge is 2.19. The molecule has 0 fully saturated rings. The molecule has 0 spiro atoms. The first-order chi connectivity index (χ1) is 16.8. The Bertz CT molecular complexity index is 1320. The zero-order valence-electron chi connectivity index (χ0n) is 19.2. The van der Waals surface area contributed by atoms with Gasteiger partial charge in [-0.2, -0.15) is 0 Å². The summed E-state index contributed by atoms with van der Waals surface area (Å²) >= 11 is 0. The number of nitrogens with one attached hydrogen (secondary N) is 2. The highest BCUT2D eigenvalue weighted by molar-refractivity contribution is 7.92. The number of hydrogen-bond acceptors (Lipinski definition) is 8. The molecule has 3 rings (SSSR count). The van der Waals surface area contributed by atoms with Crippen molar-refractivity contribution in [1.82, 2.24) is 0 Å². The summed E-state index contributed by atoms with van der Waals surface area (Å²) < 4.78 is 48.6. The fourth-order valence-corrected chi connectivity index (χ4v) is 4.14. The molecule has 0 heterocycles. The van der Waals surface area contributed by atoms with Crippen LogP contribution in [0.3, 0.4) is 0 Å². The van der Waals surface area contributed by atoms with Crippen molar-refractivity contribution in [3.05, 3.63) is 72.3 Å². The van der Waals surface area contributed by atoms with Crippen LogP contribution in [0.1, 0.15) is 10.4 Å². The van der Waals surface area contributed by atoms with Crippen LogP contribution >= 0.6 is 0 Å². The number of para-hydroxylation sites is 2. The van der Waals surface area contributed by atoms with E-state index in [-0.39, 0.29) is 16.1 Å². The number of sulfonamides is 1. The maximum absolute atomic E-state index is 12.8. The molecule has 0 aliphatic heterocycles. The number of benzene rings is 3. The summed E-state index contributed by atoms with van der Waals surface area (Å²) in [6, 6.07) is 16.6. The summed E-state index contributed by atoms with van der Waals surface area (Å²) in [4.78, 5) is 24.6. The zero-order chi connectivity index (χ0) is 25.4. The number of hydrogen-bond donors (Lipinski definition) is 2. The lowest BCUT2D eigenvalue weighted by molar-refractivity contribution is -0.119. The summed E-state index contributed by atoms with van der Waals surface area (Å²) in [5.41, 5.74) is 0.571. The van der Waals surface area contributed by atoms with Crippen molar-refractivity contribution < 1.29 is 37.0 Å². The van der Waals surface area contributed by atoms with E-state index in [1.54, 1.807) is 42.5 Å². The van der Waals surface area contributed by atoms with Gasteiger partial charge in [0.15, 0.2) is 6.61 Å². The third kappa shape index (κ3) is 6.42. The van der Waals surface area contributed by atoms with E-state index in [2.05, 4.69) is 10.0 Å². The second-order valence-corrected chi connectivity index (χ2v) is 8.71. The lowest BCUT2D eigenvalue weighted by Crippen LogP contribution is -2.21. The van der Waals surface area contributed by atoms with Crippen LogP contribution in [0.4, 0.5) is 11.4 Å². The summed E-state index contributed by atoms with van der Waals surface area (Å²) in [5.74, 6) is -0.225. The topological polar surface area (TPSA) is 129 Å². The second-order valence-electron chi connectivity index (χ2n) is 7.02. The Labute approximate surface area is 202 Å². The van der Waals surface area contributed by atoms with E-state index >= 15 is 0 Å². The van der Waals surface area contributed by atoms with Crippen molar-refractivity contribution in [1.29, 1.82) is 0 Å². The van der Waals surface area contributed by atoms with Gasteiger partial charge in [-0.3, -0.25) is 9.52 Å². The molecule has 1 amide bonds. The Morgan fingerprint density at radius 2 is 1.54 bits per heavy atom. The highest BCUT2D eigenvalue weighted by Crippen LogP contribution is 2.29. The fourth-order valence-electron chi connectivity index (χ4n) is 3.03. The van der Waals surface area contributed by atoms with E-state index in [1.807, 2.05) is 0 Å². The molecule has 3 aromatic rings. The Morgan fingerprint density at radius 1 is 0.800 bits per heavy atom. The molecule has 0 bridgehead atoms. The number of methoxy groups -OCH3 is 3. The normalized spacial score (nSPS) is 10.7. The molecule has 0 aliphatic rings. The lowest BCUT2D eigenvalue weighted by atomic mass is 10.2. The predicted molar refractivity (Wildman–Crippen MR) is 129 cm³/mol. The minimum absolute atomic E-state index is 0.0391. The first kappa shape index (κ1) is 25.4. The minimum atomic E-state index is -4.03. The van der Waals surface area contributed by atoms with Crippen LogP contribution in [0, 0.1) is 0 Å². The molecule has 2 N–H and O–H groups in total. The van der Waals surface area contributed by atoms with Gasteiger partial charge in [-0.15, -0.1) is 0 Å². The number of rotatable bonds is 10. The fraction of sp³-hybridized carbons (Fsp3) is 0.167. The lowest BCUT2D eigenvalue weighted by Gasteiger charge is -2.13. The predicted octanol–water partition coefficient (Wildman–Crippen LogP) is 3.31. The largest absolute Gasteiger partial charge is 0.497 e. The van der Waals surface area contributed by atoms with Crippen molar-refractivity contribution in [3.8, 4) is 17.2 Å². The monoisotopic (exact) mass is 500 g/mol. The van der Waals surface area contributed by atoms with E-state index < -0.39 is 28.5 Å². The first-order valence-electron chi connectivity index (χ1n) is 10.2. The van der Waals surface area contributed by atoms with Gasteiger partial charge >= 0.3 is 5.97 Å². The summed E-state index contributed by atoms with van der Waals surface area (Å²) in [7, 11) is 0.333. The molecule has 0 saturated carbocycles. The van der Waals surface area contributed by atoms with Crippen molar-refractivity contribution in [3.63, 3.8) is 0 Å². The van der Waals surface area contributed by atoms with Gasteiger partial charge in [-0.05, 0) is 42.5 Å². The molecule has 0 aromatic heterocycles. The SMILES string of the molecule is COc1ccc(NC(=O)COC(=O)c2cccc(S(=O)(=O)Nc3ccccc3OC)c2)c(OC)c1. The number of carbonyl (C=O) groups is 2. The molecular weight excluding hydrogens is 476 g/mol. The first-order valence-corrected chi connectivity index (χ1v) is 11.7. The van der Waals surface area contributed by atoms with Crippen LogP contribution in [0.5, 0.6) is 17.2 Å². The zero-order valence-corrected chi connectivity index (χ0v) is 20.0. The van der Waals surface area contributed by atoms with Gasteiger partial charge in [0.2, 0.25) is 0 Å². The molecule has 0 atom stereocenters. The van der Waals surface area contributed by atoms with Crippen LogP contribution < -0.4 is 24.2 Å². The van der Waals surface area contributed by atoms with Gasteiger partial charge in [-0.1, -0.05) is 18.2 Å². The number of amides is 1. The van der Waals surface area contributed by atoms with Crippen molar-refractivity contribution >= 4 is 33.3 Å². The molecular formula is C24H24N2O8S. The van der Waals surface area contributed by atoms with Crippen LogP contribution in [0.2, 0.25) is 0 Å². The number of esters is 1. The van der Waals surface area contributed by atoms with Crippen LogP contribution in [0.25, 0.3) is 0 Å². The van der Waals surface area contributed by atoms with Crippen LogP contribution in [-0.2, 0) is 19.6 Å². The molecule has 10 nitrogen and oxygen atoms in total. The van der Waals surface area contributed by atoms with Crippen molar-refractivity contribution in [2.45, 2.75) is 4.90 Å². The van der Waals surface area contributed by atoms with E-state index in [1.165, 1.54) is 39.5 Å². The molecule has 0 saturated heterocycles. The summed E-state index contributed by atoms with van der Waals surface area (Å²) in [5, 5.41) is 2.58. The van der Waals surface area contributed by atoms with Gasteiger partial charge in [0.05, 0.1) is 43.2 Å². The Balaban J connectivity index is 1.66. The number of carbonyl (C=O) groups excluding carboxylic acids is 2. The van der Waals surface area contributed by atoms with Gasteiger partial charge < -0.3 is 24.3 Å². The quantitative estimate of drug-likeness (QED) is 0.406. The van der Waals surface area contributed by atoms with Crippen molar-refractivity contribution in [2.24, 2.45) is 0 Å². The Morgan fingerprint density at radius 3 is 2.26 bits per heavy atom. The number of anilines is 2. The highest BCUT2D eigenvalue weighted by atomic mass is 32.2. The molecule has 35 heavy (non-hydrogen) atoms. The summed E-state index contributed by atoms with van der Waals surface area (Å²) in [6.45, 7) is -0.593. The van der Waals surface area contributed by atoms with E-state index in [0.717, 1.165) is 6.07 Å². The minimum Gasteiger partial charge on any atom is -0.497 e. The molecule has 11 heteroatoms. The molecule has 184 valence electrons. The van der Waals surface area contributed by atoms with Crippen LogP contribution in [-0.4, -0.2) is 48.2 Å². The number of ether oxygens (including phenoxy) is 4. The van der Waals surface area contributed by atoms with E-state index in [9.17, 15) is 18.0 Å². The average Bonchev–Trinajstić information content (AvgIpc) is 2.87. The average molecular weight is 501 g/mol. The maximum Gasteiger partial charge on any atom is 0.338 e. The van der Waals surface area contributed by atoms with Gasteiger partial charge in [0.1, 0.15) is 17.2 Å². The molecule has 0 unspecified atom stereocenters. The maximum atomic E-state index is 12.8. The smallest absolute Gasteiger partial charge is 0.338 e. The second kappa shape index (κ2) is 11.3. The Hall–Kier alpha value is -4.25. The molecule has 3 aromatic carbocycles.